The van der Waals surface area contributed by atoms with Crippen LogP contribution in [0.25, 0.3) is 11.5 Å². The summed E-state index contributed by atoms with van der Waals surface area (Å²) in [7, 11) is 0. The van der Waals surface area contributed by atoms with Crippen molar-refractivity contribution < 1.29 is 14.1 Å². The molecule has 1 fully saturated rings. The zero-order valence-electron chi connectivity index (χ0n) is 15.3. The minimum atomic E-state index is -0.521. The fraction of sp³-hybridized carbons (Fsp3) is 0.526. The summed E-state index contributed by atoms with van der Waals surface area (Å²) in [5, 5.41) is 4.14. The Hall–Kier alpha value is -2.37. The monoisotopic (exact) mass is 343 g/mol. The van der Waals surface area contributed by atoms with Crippen LogP contribution < -0.4 is 0 Å². The van der Waals surface area contributed by atoms with Crippen LogP contribution >= 0.6 is 0 Å². The van der Waals surface area contributed by atoms with E-state index in [9.17, 15) is 4.79 Å². The number of carbonyl (C=O) groups is 1. The second kappa shape index (κ2) is 6.86. The van der Waals surface area contributed by atoms with Gasteiger partial charge < -0.3 is 9.26 Å². The highest BCUT2D eigenvalue weighted by Crippen LogP contribution is 2.33. The molecule has 1 aromatic heterocycles. The molecule has 3 rings (SSSR count). The summed E-state index contributed by atoms with van der Waals surface area (Å²) in [6, 6.07) is 7.81. The normalized spacial score (nSPS) is 17.8. The van der Waals surface area contributed by atoms with E-state index in [1.807, 2.05) is 39.0 Å². The molecule has 25 heavy (non-hydrogen) atoms. The molecule has 0 aliphatic carbocycles. The van der Waals surface area contributed by atoms with E-state index in [-0.39, 0.29) is 12.1 Å². The first-order valence-corrected chi connectivity index (χ1v) is 8.80. The minimum Gasteiger partial charge on any atom is -0.444 e. The maximum Gasteiger partial charge on any atom is 0.410 e. The fourth-order valence-corrected chi connectivity index (χ4v) is 3.09. The second-order valence-corrected chi connectivity index (χ2v) is 7.30. The molecule has 2 heterocycles. The van der Waals surface area contributed by atoms with E-state index < -0.39 is 5.60 Å². The molecule has 0 radical (unpaired) electrons. The minimum absolute atomic E-state index is 0.193. The summed E-state index contributed by atoms with van der Waals surface area (Å²) in [5.74, 6) is 1.05. The number of aryl methyl sites for hydroxylation is 1. The average molecular weight is 343 g/mol. The van der Waals surface area contributed by atoms with Gasteiger partial charge in [-0.2, -0.15) is 4.98 Å². The zero-order valence-corrected chi connectivity index (χ0v) is 15.3. The van der Waals surface area contributed by atoms with Crippen molar-refractivity contribution in [1.29, 1.82) is 0 Å². The highest BCUT2D eigenvalue weighted by Gasteiger charge is 2.36. The summed E-state index contributed by atoms with van der Waals surface area (Å²) in [6.07, 6.45) is 2.28. The molecule has 0 spiro atoms. The Kier molecular flexibility index (Phi) is 4.79. The number of hydrogen-bond acceptors (Lipinski definition) is 5. The van der Waals surface area contributed by atoms with Crippen molar-refractivity contribution in [1.82, 2.24) is 15.0 Å². The predicted octanol–water partition coefficient (Wildman–Crippen LogP) is 4.37. The molecule has 1 aliphatic rings. The Labute approximate surface area is 148 Å². The van der Waals surface area contributed by atoms with Gasteiger partial charge in [-0.1, -0.05) is 30.3 Å². The molecule has 0 saturated carbocycles. The molecular formula is C19H25N3O3. The van der Waals surface area contributed by atoms with Crippen LogP contribution in [0.15, 0.2) is 28.8 Å². The molecular weight excluding hydrogens is 318 g/mol. The number of benzene rings is 1. The van der Waals surface area contributed by atoms with E-state index in [4.69, 9.17) is 9.26 Å². The van der Waals surface area contributed by atoms with Crippen LogP contribution in [0.1, 0.15) is 58.0 Å². The Morgan fingerprint density at radius 3 is 2.84 bits per heavy atom. The summed E-state index contributed by atoms with van der Waals surface area (Å²) < 4.78 is 11.0. The predicted molar refractivity (Wildman–Crippen MR) is 94.0 cm³/mol. The van der Waals surface area contributed by atoms with Gasteiger partial charge in [0.15, 0.2) is 5.82 Å². The number of aromatic nitrogens is 2. The molecule has 6 heteroatoms. The molecule has 1 saturated heterocycles. The first kappa shape index (κ1) is 17.5. The third-order valence-electron chi connectivity index (χ3n) is 4.25. The van der Waals surface area contributed by atoms with E-state index in [2.05, 4.69) is 23.1 Å². The maximum atomic E-state index is 12.4. The lowest BCUT2D eigenvalue weighted by atomic mass is 10.1. The van der Waals surface area contributed by atoms with E-state index in [1.54, 1.807) is 4.90 Å². The van der Waals surface area contributed by atoms with Gasteiger partial charge >= 0.3 is 6.09 Å². The number of rotatable bonds is 3. The van der Waals surface area contributed by atoms with Gasteiger partial charge in [0.2, 0.25) is 0 Å². The van der Waals surface area contributed by atoms with Gasteiger partial charge in [0.1, 0.15) is 5.60 Å². The van der Waals surface area contributed by atoms with Crippen LogP contribution in [0.4, 0.5) is 4.79 Å². The zero-order chi connectivity index (χ0) is 18.0. The summed E-state index contributed by atoms with van der Waals surface area (Å²) in [5.41, 5.74) is 1.59. The Morgan fingerprint density at radius 2 is 2.12 bits per heavy atom. The number of amides is 1. The average Bonchev–Trinajstić information content (AvgIpc) is 3.22. The van der Waals surface area contributed by atoms with Crippen LogP contribution in [-0.2, 0) is 11.2 Å². The molecule has 0 N–H and O–H groups in total. The lowest BCUT2D eigenvalue weighted by molar-refractivity contribution is 0.0217. The number of hydrogen-bond donors (Lipinski definition) is 0. The SMILES string of the molecule is CCc1ccccc1-c1nc([C@@H]2CCCN2C(=O)OC(C)(C)C)no1. The van der Waals surface area contributed by atoms with E-state index in [1.165, 1.54) is 0 Å². The van der Waals surface area contributed by atoms with Crippen molar-refractivity contribution in [3.8, 4) is 11.5 Å². The van der Waals surface area contributed by atoms with Crippen LogP contribution in [0.3, 0.4) is 0 Å². The van der Waals surface area contributed by atoms with Crippen LogP contribution in [0.2, 0.25) is 0 Å². The molecule has 134 valence electrons. The van der Waals surface area contributed by atoms with Crippen molar-refractivity contribution in [3.63, 3.8) is 0 Å². The van der Waals surface area contributed by atoms with Crippen molar-refractivity contribution in [2.24, 2.45) is 0 Å². The lowest BCUT2D eigenvalue weighted by Gasteiger charge is -2.27. The number of likely N-dealkylation sites (tertiary alicyclic amines) is 1. The molecule has 1 aromatic carbocycles. The highest BCUT2D eigenvalue weighted by molar-refractivity contribution is 5.69. The van der Waals surface area contributed by atoms with Gasteiger partial charge in [0, 0.05) is 12.1 Å². The third-order valence-corrected chi connectivity index (χ3v) is 4.25. The fourth-order valence-electron chi connectivity index (χ4n) is 3.09. The van der Waals surface area contributed by atoms with Crippen molar-refractivity contribution >= 4 is 6.09 Å². The van der Waals surface area contributed by atoms with Crippen molar-refractivity contribution in [2.75, 3.05) is 6.54 Å². The van der Waals surface area contributed by atoms with Gasteiger partial charge in [0.25, 0.3) is 5.89 Å². The largest absolute Gasteiger partial charge is 0.444 e. The number of ether oxygens (including phenoxy) is 1. The first-order chi connectivity index (χ1) is 11.9. The van der Waals surface area contributed by atoms with Gasteiger partial charge in [0.05, 0.1) is 6.04 Å². The van der Waals surface area contributed by atoms with Crippen LogP contribution in [0.5, 0.6) is 0 Å². The van der Waals surface area contributed by atoms with Crippen LogP contribution in [0, 0.1) is 0 Å². The van der Waals surface area contributed by atoms with E-state index in [0.29, 0.717) is 18.3 Å². The van der Waals surface area contributed by atoms with E-state index in [0.717, 1.165) is 30.4 Å². The maximum absolute atomic E-state index is 12.4. The molecule has 1 aliphatic heterocycles. The first-order valence-electron chi connectivity index (χ1n) is 8.80. The summed E-state index contributed by atoms with van der Waals surface area (Å²) >= 11 is 0. The van der Waals surface area contributed by atoms with Crippen molar-refractivity contribution in [2.45, 2.75) is 58.6 Å². The van der Waals surface area contributed by atoms with Gasteiger partial charge in [-0.25, -0.2) is 4.79 Å². The summed E-state index contributed by atoms with van der Waals surface area (Å²) in [6.45, 7) is 8.34. The number of carbonyl (C=O) groups excluding carboxylic acids is 1. The summed E-state index contributed by atoms with van der Waals surface area (Å²) in [4.78, 5) is 18.7. The van der Waals surface area contributed by atoms with Crippen molar-refractivity contribution in [3.05, 3.63) is 35.7 Å². The Morgan fingerprint density at radius 1 is 1.36 bits per heavy atom. The third kappa shape index (κ3) is 3.83. The second-order valence-electron chi connectivity index (χ2n) is 7.30. The molecule has 0 bridgehead atoms. The highest BCUT2D eigenvalue weighted by atomic mass is 16.6. The molecule has 1 atom stereocenters. The molecule has 2 aromatic rings. The lowest BCUT2D eigenvalue weighted by Crippen LogP contribution is -2.36. The van der Waals surface area contributed by atoms with E-state index >= 15 is 0 Å². The molecule has 1 amide bonds. The van der Waals surface area contributed by atoms with Gasteiger partial charge in [-0.15, -0.1) is 0 Å². The Bertz CT molecular complexity index is 748. The number of nitrogens with zero attached hydrogens (tertiary/aromatic N) is 3. The van der Waals surface area contributed by atoms with Gasteiger partial charge in [-0.3, -0.25) is 4.90 Å². The van der Waals surface area contributed by atoms with Gasteiger partial charge in [-0.05, 0) is 51.7 Å². The smallest absolute Gasteiger partial charge is 0.410 e. The quantitative estimate of drug-likeness (QED) is 0.827. The molecule has 0 unspecified atom stereocenters. The molecule has 6 nitrogen and oxygen atoms in total. The standard InChI is InChI=1S/C19H25N3O3/c1-5-13-9-6-7-10-14(13)17-20-16(21-25-17)15-11-8-12-22(15)18(23)24-19(2,3)4/h6-7,9-10,15H,5,8,11-12H2,1-4H3/t15-/m0/s1. The Balaban J connectivity index is 1.83. The van der Waals surface area contributed by atoms with Crippen LogP contribution in [-0.4, -0.2) is 33.3 Å². The topological polar surface area (TPSA) is 68.5 Å².